The predicted octanol–water partition coefficient (Wildman–Crippen LogP) is 4.53. The summed E-state index contributed by atoms with van der Waals surface area (Å²) in [6.45, 7) is 8.51. The van der Waals surface area contributed by atoms with E-state index in [9.17, 15) is 5.11 Å². The van der Waals surface area contributed by atoms with Crippen LogP contribution in [0.4, 0.5) is 0 Å². The normalized spacial score (nSPS) is 13.6. The first-order chi connectivity index (χ1) is 11.9. The molecule has 0 fully saturated rings. The number of aliphatic hydroxyl groups excluding tert-OH is 1. The second-order valence-electron chi connectivity index (χ2n) is 6.40. The fraction of sp³-hybridized carbons (Fsp3) is 0.429. The van der Waals surface area contributed by atoms with Gasteiger partial charge in [0, 0.05) is 0 Å². The number of methoxy groups -OCH3 is 1. The summed E-state index contributed by atoms with van der Waals surface area (Å²) < 4.78 is 6.89. The number of rotatable bonds is 7. The number of aliphatic hydroxyl groups is 1. The maximum absolute atomic E-state index is 10.9. The minimum atomic E-state index is -0.428. The molecule has 4 heteroatoms. The molecule has 1 N–H and O–H groups in total. The van der Waals surface area contributed by atoms with Gasteiger partial charge in [-0.2, -0.15) is 0 Å². The van der Waals surface area contributed by atoms with Crippen LogP contribution >= 0.6 is 11.8 Å². The van der Waals surface area contributed by atoms with Gasteiger partial charge in [0.25, 0.3) is 0 Å². The Morgan fingerprint density at radius 2 is 1.80 bits per heavy atom. The molecular formula is C21H28O2SSe. The Labute approximate surface area is 162 Å². The zero-order valence-electron chi connectivity index (χ0n) is 15.9. The van der Waals surface area contributed by atoms with E-state index in [0.29, 0.717) is 5.25 Å². The SMILES string of the molecule is COc1cccc([C@H](C)SC)c1[Se]CC(O)c1c(C)cc(C)cc1C. The first-order valence-electron chi connectivity index (χ1n) is 8.47. The molecule has 2 aromatic carbocycles. The van der Waals surface area contributed by atoms with Gasteiger partial charge >= 0.3 is 163 Å². The predicted molar refractivity (Wildman–Crippen MR) is 111 cm³/mol. The fourth-order valence-corrected chi connectivity index (χ4v) is 6.39. The monoisotopic (exact) mass is 424 g/mol. The van der Waals surface area contributed by atoms with Crippen LogP contribution in [-0.2, 0) is 0 Å². The van der Waals surface area contributed by atoms with E-state index in [1.165, 1.54) is 26.7 Å². The van der Waals surface area contributed by atoms with Gasteiger partial charge in [0.2, 0.25) is 0 Å². The molecule has 0 spiro atoms. The molecule has 2 nitrogen and oxygen atoms in total. The van der Waals surface area contributed by atoms with Crippen molar-refractivity contribution >= 4 is 31.2 Å². The first kappa shape index (κ1) is 20.4. The summed E-state index contributed by atoms with van der Waals surface area (Å²) in [7, 11) is 1.73. The molecule has 0 amide bonds. The molecular weight excluding hydrogens is 395 g/mol. The third kappa shape index (κ3) is 4.83. The first-order valence-corrected chi connectivity index (χ1v) is 11.8. The van der Waals surface area contributed by atoms with E-state index >= 15 is 0 Å². The molecule has 0 aromatic heterocycles. The van der Waals surface area contributed by atoms with Crippen molar-refractivity contribution in [3.05, 3.63) is 58.1 Å². The molecule has 0 radical (unpaired) electrons. The van der Waals surface area contributed by atoms with Crippen molar-refractivity contribution in [2.45, 2.75) is 44.4 Å². The van der Waals surface area contributed by atoms with Gasteiger partial charge in [-0.3, -0.25) is 0 Å². The van der Waals surface area contributed by atoms with Crippen LogP contribution in [0.15, 0.2) is 30.3 Å². The summed E-state index contributed by atoms with van der Waals surface area (Å²) in [5.74, 6) is 0.947. The number of thioether (sulfide) groups is 1. The molecule has 2 rings (SSSR count). The van der Waals surface area contributed by atoms with Crippen molar-refractivity contribution in [2.75, 3.05) is 13.4 Å². The van der Waals surface area contributed by atoms with E-state index in [0.717, 1.165) is 16.6 Å². The van der Waals surface area contributed by atoms with E-state index in [2.05, 4.69) is 58.2 Å². The maximum atomic E-state index is 10.9. The van der Waals surface area contributed by atoms with Crippen LogP contribution < -0.4 is 9.20 Å². The molecule has 1 unspecified atom stereocenters. The van der Waals surface area contributed by atoms with Gasteiger partial charge in [-0.05, 0) is 0 Å². The Morgan fingerprint density at radius 3 is 2.36 bits per heavy atom. The number of benzene rings is 2. The number of hydrogen-bond acceptors (Lipinski definition) is 3. The Bertz CT molecular complexity index is 707. The van der Waals surface area contributed by atoms with Crippen molar-refractivity contribution in [3.63, 3.8) is 0 Å². The average Bonchev–Trinajstić information content (AvgIpc) is 2.57. The molecule has 2 aromatic rings. The molecule has 0 aliphatic heterocycles. The zero-order chi connectivity index (χ0) is 18.6. The van der Waals surface area contributed by atoms with E-state index in [-0.39, 0.29) is 15.0 Å². The fourth-order valence-electron chi connectivity index (χ4n) is 3.26. The number of hydrogen-bond donors (Lipinski definition) is 1. The molecule has 0 saturated heterocycles. The van der Waals surface area contributed by atoms with Crippen LogP contribution in [0.5, 0.6) is 5.75 Å². The third-order valence-electron chi connectivity index (χ3n) is 4.48. The van der Waals surface area contributed by atoms with Gasteiger partial charge in [0.15, 0.2) is 0 Å². The van der Waals surface area contributed by atoms with Gasteiger partial charge in [0.1, 0.15) is 0 Å². The molecule has 25 heavy (non-hydrogen) atoms. The summed E-state index contributed by atoms with van der Waals surface area (Å²) in [6, 6.07) is 10.6. The molecule has 0 aliphatic carbocycles. The molecule has 0 aliphatic rings. The molecule has 0 saturated carbocycles. The van der Waals surface area contributed by atoms with Crippen LogP contribution in [0.2, 0.25) is 5.32 Å². The van der Waals surface area contributed by atoms with E-state index < -0.39 is 6.10 Å². The van der Waals surface area contributed by atoms with Crippen LogP contribution in [0, 0.1) is 20.8 Å². The molecule has 136 valence electrons. The van der Waals surface area contributed by atoms with E-state index in [1.54, 1.807) is 7.11 Å². The topological polar surface area (TPSA) is 29.5 Å². The number of aryl methyl sites for hydroxylation is 3. The zero-order valence-corrected chi connectivity index (χ0v) is 18.5. The Kier molecular flexibility index (Phi) is 7.45. The van der Waals surface area contributed by atoms with Gasteiger partial charge in [-0.1, -0.05) is 0 Å². The van der Waals surface area contributed by atoms with Gasteiger partial charge in [0.05, 0.1) is 0 Å². The molecule has 2 atom stereocenters. The van der Waals surface area contributed by atoms with E-state index in [4.69, 9.17) is 4.74 Å². The Hall–Kier alpha value is -0.931. The van der Waals surface area contributed by atoms with Crippen molar-refractivity contribution < 1.29 is 9.84 Å². The quantitative estimate of drug-likeness (QED) is 0.664. The molecule has 0 heterocycles. The molecule has 0 bridgehead atoms. The second kappa shape index (κ2) is 9.14. The van der Waals surface area contributed by atoms with Crippen molar-refractivity contribution in [3.8, 4) is 5.75 Å². The average molecular weight is 423 g/mol. The van der Waals surface area contributed by atoms with Crippen LogP contribution in [0.1, 0.15) is 46.1 Å². The van der Waals surface area contributed by atoms with Crippen molar-refractivity contribution in [1.82, 2.24) is 0 Å². The number of ether oxygens (including phenoxy) is 1. The van der Waals surface area contributed by atoms with Gasteiger partial charge in [-0.25, -0.2) is 0 Å². The standard InChI is InChI=1S/C21H28O2SSe/c1-13-10-14(2)20(15(3)11-13)18(22)12-25-21-17(16(4)24-6)8-7-9-19(21)23-5/h7-11,16,18,22H,12H2,1-6H3/t16-,18?/m0/s1. The van der Waals surface area contributed by atoms with Crippen LogP contribution in [0.25, 0.3) is 0 Å². The summed E-state index contributed by atoms with van der Waals surface area (Å²) in [4.78, 5) is 0. The van der Waals surface area contributed by atoms with Gasteiger partial charge < -0.3 is 0 Å². The van der Waals surface area contributed by atoms with Gasteiger partial charge in [-0.15, -0.1) is 0 Å². The minimum absolute atomic E-state index is 0.148. The van der Waals surface area contributed by atoms with E-state index in [1.807, 2.05) is 17.8 Å². The Balaban J connectivity index is 2.27. The summed E-state index contributed by atoms with van der Waals surface area (Å²) >= 11 is 1.99. The second-order valence-corrected chi connectivity index (χ2v) is 9.74. The van der Waals surface area contributed by atoms with Crippen molar-refractivity contribution in [1.29, 1.82) is 0 Å². The Morgan fingerprint density at radius 1 is 1.16 bits per heavy atom. The summed E-state index contributed by atoms with van der Waals surface area (Å²) in [5.41, 5.74) is 6.02. The van der Waals surface area contributed by atoms with Crippen LogP contribution in [-0.4, -0.2) is 33.4 Å². The summed E-state index contributed by atoms with van der Waals surface area (Å²) in [5, 5.41) is 12.0. The van der Waals surface area contributed by atoms with Crippen LogP contribution in [0.3, 0.4) is 0 Å². The summed E-state index contributed by atoms with van der Waals surface area (Å²) in [6.07, 6.45) is 1.71. The van der Waals surface area contributed by atoms with Crippen molar-refractivity contribution in [2.24, 2.45) is 0 Å². The third-order valence-corrected chi connectivity index (χ3v) is 7.97.